The number of fused-ring (bicyclic) bond motifs is 3. The van der Waals surface area contributed by atoms with Gasteiger partial charge in [-0.1, -0.05) is 77.9 Å². The van der Waals surface area contributed by atoms with E-state index in [1.54, 1.807) is 11.3 Å². The minimum Gasteiger partial charge on any atom is -0.232 e. The smallest absolute Gasteiger partial charge is 0.161 e. The molecule has 0 atom stereocenters. The van der Waals surface area contributed by atoms with Crippen LogP contribution in [-0.2, 0) is 10.8 Å². The first-order valence-electron chi connectivity index (χ1n) is 9.45. The molecule has 138 valence electrons. The molecule has 0 aliphatic rings. The highest BCUT2D eigenvalue weighted by molar-refractivity contribution is 7.25. The summed E-state index contributed by atoms with van der Waals surface area (Å²) in [7, 11) is 0. The molecule has 0 bridgehead atoms. The van der Waals surface area contributed by atoms with Crippen molar-refractivity contribution in [1.29, 1.82) is 0 Å². The second-order valence-electron chi connectivity index (χ2n) is 9.25. The summed E-state index contributed by atoms with van der Waals surface area (Å²) >= 11 is 1.76. The quantitative estimate of drug-likeness (QED) is 0.355. The molecular weight excluding hydrogens is 348 g/mol. The fourth-order valence-corrected chi connectivity index (χ4v) is 4.50. The van der Waals surface area contributed by atoms with E-state index in [1.165, 1.54) is 21.0 Å². The Morgan fingerprint density at radius 3 is 2.22 bits per heavy atom. The van der Waals surface area contributed by atoms with Gasteiger partial charge in [-0.15, -0.1) is 11.3 Å². The second kappa shape index (κ2) is 6.13. The van der Waals surface area contributed by atoms with Gasteiger partial charge in [-0.05, 0) is 23.1 Å². The molecule has 0 fully saturated rings. The molecule has 0 aliphatic carbocycles. The van der Waals surface area contributed by atoms with Gasteiger partial charge in [-0.3, -0.25) is 0 Å². The van der Waals surface area contributed by atoms with Gasteiger partial charge in [0.15, 0.2) is 5.82 Å². The SMILES string of the molecule is CC(C)(C)c1cccc(-c2nc(C(C)(C)C)c3c(n2)sc2ccccc23)c1. The minimum absolute atomic E-state index is 0.0541. The molecule has 2 nitrogen and oxygen atoms in total. The van der Waals surface area contributed by atoms with Gasteiger partial charge < -0.3 is 0 Å². The maximum absolute atomic E-state index is 5.08. The van der Waals surface area contributed by atoms with E-state index < -0.39 is 0 Å². The second-order valence-corrected chi connectivity index (χ2v) is 10.3. The van der Waals surface area contributed by atoms with Gasteiger partial charge in [-0.2, -0.15) is 0 Å². The van der Waals surface area contributed by atoms with Crippen LogP contribution in [0.15, 0.2) is 48.5 Å². The Morgan fingerprint density at radius 2 is 1.52 bits per heavy atom. The Labute approximate surface area is 165 Å². The van der Waals surface area contributed by atoms with Crippen LogP contribution >= 0.6 is 11.3 Å². The molecule has 2 aromatic carbocycles. The van der Waals surface area contributed by atoms with Crippen LogP contribution in [0.4, 0.5) is 0 Å². The van der Waals surface area contributed by atoms with Crippen molar-refractivity contribution < 1.29 is 0 Å². The van der Waals surface area contributed by atoms with Gasteiger partial charge in [0.25, 0.3) is 0 Å². The topological polar surface area (TPSA) is 25.8 Å². The first kappa shape index (κ1) is 18.1. The minimum atomic E-state index is -0.0541. The van der Waals surface area contributed by atoms with E-state index in [0.717, 1.165) is 21.9 Å². The van der Waals surface area contributed by atoms with E-state index >= 15 is 0 Å². The number of hydrogen-bond donors (Lipinski definition) is 0. The van der Waals surface area contributed by atoms with Crippen molar-refractivity contribution >= 4 is 31.6 Å². The molecule has 2 heterocycles. The zero-order valence-corrected chi connectivity index (χ0v) is 17.7. The zero-order valence-electron chi connectivity index (χ0n) is 16.9. The molecule has 0 spiro atoms. The summed E-state index contributed by atoms with van der Waals surface area (Å²) in [5.74, 6) is 0.824. The van der Waals surface area contributed by atoms with Crippen LogP contribution in [-0.4, -0.2) is 9.97 Å². The highest BCUT2D eigenvalue weighted by Crippen LogP contribution is 2.39. The van der Waals surface area contributed by atoms with Crippen molar-refractivity contribution in [3.8, 4) is 11.4 Å². The first-order valence-corrected chi connectivity index (χ1v) is 10.3. The van der Waals surface area contributed by atoms with Gasteiger partial charge in [0.1, 0.15) is 4.83 Å². The lowest BCUT2D eigenvalue weighted by Gasteiger charge is -2.21. The third kappa shape index (κ3) is 3.25. The van der Waals surface area contributed by atoms with E-state index in [4.69, 9.17) is 9.97 Å². The van der Waals surface area contributed by atoms with Crippen molar-refractivity contribution in [2.24, 2.45) is 0 Å². The monoisotopic (exact) mass is 374 g/mol. The summed E-state index contributed by atoms with van der Waals surface area (Å²) in [4.78, 5) is 11.1. The molecule has 4 aromatic rings. The number of hydrogen-bond acceptors (Lipinski definition) is 3. The number of aromatic nitrogens is 2. The third-order valence-corrected chi connectivity index (χ3v) is 6.00. The Morgan fingerprint density at radius 1 is 0.778 bits per heavy atom. The molecule has 0 amide bonds. The van der Waals surface area contributed by atoms with Crippen molar-refractivity contribution in [2.75, 3.05) is 0 Å². The summed E-state index contributed by atoms with van der Waals surface area (Å²) in [5, 5.41) is 2.47. The van der Waals surface area contributed by atoms with E-state index in [-0.39, 0.29) is 10.8 Å². The van der Waals surface area contributed by atoms with Crippen LogP contribution in [0, 0.1) is 0 Å². The Bertz CT molecular complexity index is 1140. The molecule has 0 saturated carbocycles. The number of rotatable bonds is 1. The van der Waals surface area contributed by atoms with Crippen molar-refractivity contribution in [3.05, 3.63) is 59.8 Å². The molecule has 0 saturated heterocycles. The largest absolute Gasteiger partial charge is 0.232 e. The molecule has 4 rings (SSSR count). The van der Waals surface area contributed by atoms with Crippen LogP contribution in [0.25, 0.3) is 31.7 Å². The molecule has 2 aromatic heterocycles. The van der Waals surface area contributed by atoms with E-state index in [2.05, 4.69) is 90.1 Å². The molecule has 0 N–H and O–H groups in total. The fourth-order valence-electron chi connectivity index (χ4n) is 3.42. The van der Waals surface area contributed by atoms with E-state index in [9.17, 15) is 0 Å². The summed E-state index contributed by atoms with van der Waals surface area (Å²) in [6, 6.07) is 17.2. The standard InChI is InChI=1S/C24H26N2S/c1-23(2,3)16-11-9-10-15(14-16)21-25-20(24(4,5)6)19-17-12-7-8-13-18(17)27-22(19)26-21/h7-14H,1-6H3. The average Bonchev–Trinajstić information content (AvgIpc) is 2.98. The normalized spacial score (nSPS) is 12.8. The van der Waals surface area contributed by atoms with Crippen LogP contribution in [0.2, 0.25) is 0 Å². The summed E-state index contributed by atoms with van der Waals surface area (Å²) in [6.45, 7) is 13.4. The Hall–Kier alpha value is -2.26. The predicted molar refractivity (Wildman–Crippen MR) is 118 cm³/mol. The lowest BCUT2D eigenvalue weighted by atomic mass is 9.86. The zero-order chi connectivity index (χ0) is 19.4. The lowest BCUT2D eigenvalue weighted by molar-refractivity contribution is 0.575. The lowest BCUT2D eigenvalue weighted by Crippen LogP contribution is -2.15. The first-order chi connectivity index (χ1) is 12.6. The maximum Gasteiger partial charge on any atom is 0.161 e. The molecule has 0 radical (unpaired) electrons. The number of thiophene rings is 1. The molecule has 0 unspecified atom stereocenters. The third-order valence-electron chi connectivity index (χ3n) is 4.94. The summed E-state index contributed by atoms with van der Waals surface area (Å²) in [6.07, 6.45) is 0. The fraction of sp³-hybridized carbons (Fsp3) is 0.333. The molecule has 3 heteroatoms. The van der Waals surface area contributed by atoms with Gasteiger partial charge in [-0.25, -0.2) is 9.97 Å². The van der Waals surface area contributed by atoms with Crippen LogP contribution in [0.1, 0.15) is 52.8 Å². The Balaban J connectivity index is 2.02. The maximum atomic E-state index is 5.08. The van der Waals surface area contributed by atoms with Gasteiger partial charge >= 0.3 is 0 Å². The molecule has 0 aliphatic heterocycles. The van der Waals surface area contributed by atoms with Gasteiger partial charge in [0, 0.05) is 26.5 Å². The van der Waals surface area contributed by atoms with Crippen molar-refractivity contribution in [1.82, 2.24) is 9.97 Å². The van der Waals surface area contributed by atoms with Gasteiger partial charge in [0.2, 0.25) is 0 Å². The van der Waals surface area contributed by atoms with Crippen LogP contribution in [0.5, 0.6) is 0 Å². The van der Waals surface area contributed by atoms with Crippen LogP contribution < -0.4 is 0 Å². The average molecular weight is 375 g/mol. The van der Waals surface area contributed by atoms with Crippen molar-refractivity contribution in [2.45, 2.75) is 52.4 Å². The highest BCUT2D eigenvalue weighted by atomic mass is 32.1. The predicted octanol–water partition coefficient (Wildman–Crippen LogP) is 7.11. The molecule has 27 heavy (non-hydrogen) atoms. The number of nitrogens with zero attached hydrogens (tertiary/aromatic N) is 2. The van der Waals surface area contributed by atoms with E-state index in [0.29, 0.717) is 0 Å². The highest BCUT2D eigenvalue weighted by Gasteiger charge is 2.24. The van der Waals surface area contributed by atoms with Crippen molar-refractivity contribution in [3.63, 3.8) is 0 Å². The van der Waals surface area contributed by atoms with Crippen LogP contribution in [0.3, 0.4) is 0 Å². The Kier molecular flexibility index (Phi) is 4.12. The molecular formula is C24H26N2S. The summed E-state index contributed by atoms with van der Waals surface area (Å²) in [5.41, 5.74) is 3.57. The number of benzene rings is 2. The van der Waals surface area contributed by atoms with Gasteiger partial charge in [0.05, 0.1) is 5.69 Å². The summed E-state index contributed by atoms with van der Waals surface area (Å²) < 4.78 is 1.27. The van der Waals surface area contributed by atoms with E-state index in [1.807, 2.05) is 0 Å².